The number of ether oxygens (including phenoxy) is 2. The van der Waals surface area contributed by atoms with Crippen molar-refractivity contribution in [3.8, 4) is 11.5 Å². The lowest BCUT2D eigenvalue weighted by molar-refractivity contribution is -0.147. The van der Waals surface area contributed by atoms with E-state index in [0.29, 0.717) is 0 Å². The van der Waals surface area contributed by atoms with Crippen molar-refractivity contribution >= 4 is 5.97 Å². The van der Waals surface area contributed by atoms with Crippen LogP contribution in [0.3, 0.4) is 0 Å². The number of allylic oxidation sites excluding steroid dienone is 2. The van der Waals surface area contributed by atoms with Gasteiger partial charge in [0.1, 0.15) is 18.1 Å². The molecule has 0 saturated heterocycles. The molecule has 2 aromatic rings. The fraction of sp³-hybridized carbons (Fsp3) is 0.318. The second-order valence-corrected chi connectivity index (χ2v) is 7.02. The molecule has 1 saturated carbocycles. The van der Waals surface area contributed by atoms with Gasteiger partial charge in [0, 0.05) is 0 Å². The Hall–Kier alpha value is -2.55. The van der Waals surface area contributed by atoms with Gasteiger partial charge in [-0.15, -0.1) is 0 Å². The van der Waals surface area contributed by atoms with E-state index in [2.05, 4.69) is 19.9 Å². The van der Waals surface area contributed by atoms with Crippen LogP contribution in [0.2, 0.25) is 0 Å². The first-order chi connectivity index (χ1) is 12.0. The first-order valence-corrected chi connectivity index (χ1v) is 8.63. The van der Waals surface area contributed by atoms with Gasteiger partial charge in [0.05, 0.1) is 5.92 Å². The molecule has 3 nitrogen and oxygen atoms in total. The normalized spacial score (nSPS) is 21.1. The Morgan fingerprint density at radius 1 is 1.08 bits per heavy atom. The van der Waals surface area contributed by atoms with Crippen molar-refractivity contribution in [2.45, 2.75) is 27.4 Å². The van der Waals surface area contributed by atoms with Crippen LogP contribution in [0.15, 0.2) is 66.7 Å². The maximum Gasteiger partial charge on any atom is 0.310 e. The van der Waals surface area contributed by atoms with Crippen LogP contribution >= 0.6 is 0 Å². The van der Waals surface area contributed by atoms with Crippen LogP contribution in [0, 0.1) is 17.3 Å². The summed E-state index contributed by atoms with van der Waals surface area (Å²) >= 11 is 0. The predicted molar refractivity (Wildman–Crippen MR) is 98.3 cm³/mol. The number of carbonyl (C=O) groups excluding carboxylic acids is 1. The largest absolute Gasteiger partial charge is 0.461 e. The third-order valence-corrected chi connectivity index (χ3v) is 4.82. The molecule has 25 heavy (non-hydrogen) atoms. The number of rotatable bonds is 6. The second kappa shape index (κ2) is 7.14. The highest BCUT2D eigenvalue weighted by molar-refractivity contribution is 5.78. The molecule has 3 heteroatoms. The minimum Gasteiger partial charge on any atom is -0.461 e. The molecular weight excluding hydrogens is 312 g/mol. The number of para-hydroxylation sites is 1. The van der Waals surface area contributed by atoms with Gasteiger partial charge < -0.3 is 9.47 Å². The highest BCUT2D eigenvalue weighted by Gasteiger charge is 2.61. The van der Waals surface area contributed by atoms with Crippen LogP contribution in [-0.4, -0.2) is 5.97 Å². The lowest BCUT2D eigenvalue weighted by atomic mass is 10.1. The van der Waals surface area contributed by atoms with E-state index in [1.165, 1.54) is 0 Å². The molecule has 0 radical (unpaired) electrons. The van der Waals surface area contributed by atoms with E-state index in [4.69, 9.17) is 9.47 Å². The van der Waals surface area contributed by atoms with Crippen LogP contribution in [0.4, 0.5) is 0 Å². The Bertz CT molecular complexity index is 762. The van der Waals surface area contributed by atoms with Crippen LogP contribution in [0.25, 0.3) is 0 Å². The van der Waals surface area contributed by atoms with Gasteiger partial charge in [-0.05, 0) is 48.1 Å². The number of benzene rings is 2. The molecule has 1 aliphatic rings. The molecular formula is C22H24O3. The fourth-order valence-corrected chi connectivity index (χ4v) is 3.26. The zero-order valence-corrected chi connectivity index (χ0v) is 14.9. The molecule has 2 unspecified atom stereocenters. The van der Waals surface area contributed by atoms with Crippen molar-refractivity contribution in [2.24, 2.45) is 17.3 Å². The fourth-order valence-electron chi connectivity index (χ4n) is 3.26. The second-order valence-electron chi connectivity index (χ2n) is 7.02. The van der Waals surface area contributed by atoms with E-state index in [9.17, 15) is 4.79 Å². The zero-order valence-electron chi connectivity index (χ0n) is 14.9. The van der Waals surface area contributed by atoms with Crippen molar-refractivity contribution < 1.29 is 14.3 Å². The SMILES string of the molecule is CC=CC1C(C(=O)OCc2cccc(Oc3ccccc3)c2)C1(C)C. The summed E-state index contributed by atoms with van der Waals surface area (Å²) in [6.07, 6.45) is 4.10. The van der Waals surface area contributed by atoms with Gasteiger partial charge in [-0.2, -0.15) is 0 Å². The molecule has 2 atom stereocenters. The van der Waals surface area contributed by atoms with Crippen molar-refractivity contribution in [1.29, 1.82) is 0 Å². The summed E-state index contributed by atoms with van der Waals surface area (Å²) < 4.78 is 11.4. The Morgan fingerprint density at radius 2 is 1.80 bits per heavy atom. The van der Waals surface area contributed by atoms with Gasteiger partial charge in [0.15, 0.2) is 0 Å². The molecule has 0 heterocycles. The zero-order chi connectivity index (χ0) is 17.9. The summed E-state index contributed by atoms with van der Waals surface area (Å²) in [4.78, 5) is 12.4. The molecule has 1 aliphatic carbocycles. The van der Waals surface area contributed by atoms with E-state index in [-0.39, 0.29) is 29.8 Å². The molecule has 0 bridgehead atoms. The summed E-state index contributed by atoms with van der Waals surface area (Å²) in [5.74, 6) is 1.62. The molecule has 0 aliphatic heterocycles. The highest BCUT2D eigenvalue weighted by atomic mass is 16.5. The van der Waals surface area contributed by atoms with Crippen LogP contribution in [-0.2, 0) is 16.1 Å². The van der Waals surface area contributed by atoms with E-state index < -0.39 is 0 Å². The summed E-state index contributed by atoms with van der Waals surface area (Å²) in [6, 6.07) is 17.3. The Labute approximate surface area is 149 Å². The lowest BCUT2D eigenvalue weighted by Gasteiger charge is -2.09. The average Bonchev–Trinajstić information content (AvgIpc) is 3.15. The Balaban J connectivity index is 1.59. The summed E-state index contributed by atoms with van der Waals surface area (Å²) in [7, 11) is 0. The average molecular weight is 336 g/mol. The first-order valence-electron chi connectivity index (χ1n) is 8.63. The maximum absolute atomic E-state index is 12.4. The number of carbonyl (C=O) groups is 1. The van der Waals surface area contributed by atoms with Crippen LogP contribution in [0.5, 0.6) is 11.5 Å². The Kier molecular flexibility index (Phi) is 4.93. The van der Waals surface area contributed by atoms with Crippen LogP contribution in [0.1, 0.15) is 26.3 Å². The third kappa shape index (κ3) is 3.93. The van der Waals surface area contributed by atoms with Gasteiger partial charge in [-0.25, -0.2) is 0 Å². The van der Waals surface area contributed by atoms with Gasteiger partial charge in [-0.1, -0.05) is 56.3 Å². The van der Waals surface area contributed by atoms with Gasteiger partial charge >= 0.3 is 5.97 Å². The van der Waals surface area contributed by atoms with Crippen molar-refractivity contribution in [1.82, 2.24) is 0 Å². The van der Waals surface area contributed by atoms with Gasteiger partial charge in [0.2, 0.25) is 0 Å². The van der Waals surface area contributed by atoms with E-state index in [1.54, 1.807) is 0 Å². The number of hydrogen-bond donors (Lipinski definition) is 0. The van der Waals surface area contributed by atoms with E-state index in [1.807, 2.05) is 67.6 Å². The van der Waals surface area contributed by atoms with Crippen molar-refractivity contribution in [3.63, 3.8) is 0 Å². The monoisotopic (exact) mass is 336 g/mol. The smallest absolute Gasteiger partial charge is 0.310 e. The van der Waals surface area contributed by atoms with Crippen LogP contribution < -0.4 is 4.74 Å². The van der Waals surface area contributed by atoms with Gasteiger partial charge in [-0.3, -0.25) is 4.79 Å². The highest BCUT2D eigenvalue weighted by Crippen LogP contribution is 2.59. The molecule has 0 aromatic heterocycles. The summed E-state index contributed by atoms with van der Waals surface area (Å²) in [6.45, 7) is 6.46. The number of esters is 1. The maximum atomic E-state index is 12.4. The molecule has 3 rings (SSSR count). The standard InChI is InChI=1S/C22H24O3/c1-4-9-19-20(22(19,2)3)21(23)24-15-16-10-8-13-18(14-16)25-17-11-6-5-7-12-17/h4-14,19-20H,15H2,1-3H3. The minimum absolute atomic E-state index is 0.0120. The molecule has 0 amide bonds. The predicted octanol–water partition coefficient (Wildman–Crippen LogP) is 5.37. The van der Waals surface area contributed by atoms with E-state index in [0.717, 1.165) is 17.1 Å². The number of hydrogen-bond acceptors (Lipinski definition) is 3. The topological polar surface area (TPSA) is 35.5 Å². The molecule has 1 fully saturated rings. The van der Waals surface area contributed by atoms with E-state index >= 15 is 0 Å². The molecule has 2 aromatic carbocycles. The van der Waals surface area contributed by atoms with Crippen molar-refractivity contribution in [3.05, 3.63) is 72.3 Å². The summed E-state index contributed by atoms with van der Waals surface area (Å²) in [5.41, 5.74) is 0.907. The quantitative estimate of drug-likeness (QED) is 0.525. The summed E-state index contributed by atoms with van der Waals surface area (Å²) in [5, 5.41) is 0. The molecule has 0 spiro atoms. The van der Waals surface area contributed by atoms with Crippen molar-refractivity contribution in [2.75, 3.05) is 0 Å². The lowest BCUT2D eigenvalue weighted by Crippen LogP contribution is -2.10. The molecule has 130 valence electrons. The minimum atomic E-state index is -0.123. The Morgan fingerprint density at radius 3 is 2.52 bits per heavy atom. The first kappa shape index (κ1) is 17.3. The van der Waals surface area contributed by atoms with Gasteiger partial charge in [0.25, 0.3) is 0 Å². The third-order valence-electron chi connectivity index (χ3n) is 4.82. The molecule has 0 N–H and O–H groups in total.